The van der Waals surface area contributed by atoms with Crippen molar-refractivity contribution in [1.82, 2.24) is 5.32 Å². The van der Waals surface area contributed by atoms with Crippen LogP contribution in [-0.4, -0.2) is 25.2 Å². The first-order valence-electron chi connectivity index (χ1n) is 5.83. The molecule has 0 spiro atoms. The first-order valence-corrected chi connectivity index (χ1v) is 6.21. The summed E-state index contributed by atoms with van der Waals surface area (Å²) in [6.45, 7) is 7.79. The van der Waals surface area contributed by atoms with Crippen LogP contribution in [-0.2, 0) is 0 Å². The zero-order chi connectivity index (χ0) is 11.6. The van der Waals surface area contributed by atoms with Gasteiger partial charge in [0.05, 0.1) is 0 Å². The van der Waals surface area contributed by atoms with Gasteiger partial charge in [0.2, 0.25) is 0 Å². The van der Waals surface area contributed by atoms with E-state index in [-0.39, 0.29) is 5.54 Å². The Bertz CT molecular complexity index is 345. The molecule has 1 aromatic carbocycles. The second-order valence-electron chi connectivity index (χ2n) is 4.94. The molecule has 1 aliphatic rings. The van der Waals surface area contributed by atoms with Crippen molar-refractivity contribution in [2.45, 2.75) is 25.8 Å². The number of anilines is 1. The highest BCUT2D eigenvalue weighted by Gasteiger charge is 2.28. The quantitative estimate of drug-likeness (QED) is 0.810. The van der Waals surface area contributed by atoms with Gasteiger partial charge < -0.3 is 10.2 Å². The van der Waals surface area contributed by atoms with E-state index in [4.69, 9.17) is 11.6 Å². The first-order chi connectivity index (χ1) is 7.59. The van der Waals surface area contributed by atoms with Crippen molar-refractivity contribution in [3.63, 3.8) is 0 Å². The number of nitrogens with one attached hydrogen (secondary N) is 1. The predicted octanol–water partition coefficient (Wildman–Crippen LogP) is 2.92. The fourth-order valence-corrected chi connectivity index (χ4v) is 2.37. The molecule has 0 atom stereocenters. The Balaban J connectivity index is 2.26. The Morgan fingerprint density at radius 3 is 2.56 bits per heavy atom. The standard InChI is InChI=1S/C13H19ClN2/c1-13(2)7-8-15-9-10-16(13)12-5-3-11(14)4-6-12/h3-6,15H,7-10H2,1-2H3. The number of rotatable bonds is 1. The van der Waals surface area contributed by atoms with Crippen molar-refractivity contribution in [2.24, 2.45) is 0 Å². The van der Waals surface area contributed by atoms with Crippen LogP contribution in [0.4, 0.5) is 5.69 Å². The molecular weight excluding hydrogens is 220 g/mol. The van der Waals surface area contributed by atoms with E-state index in [2.05, 4.69) is 36.2 Å². The van der Waals surface area contributed by atoms with Gasteiger partial charge in [-0.25, -0.2) is 0 Å². The highest BCUT2D eigenvalue weighted by Crippen LogP contribution is 2.28. The summed E-state index contributed by atoms with van der Waals surface area (Å²) < 4.78 is 0. The minimum atomic E-state index is 0.206. The maximum absolute atomic E-state index is 5.92. The molecule has 1 N–H and O–H groups in total. The lowest BCUT2D eigenvalue weighted by Gasteiger charge is -2.39. The monoisotopic (exact) mass is 238 g/mol. The van der Waals surface area contributed by atoms with E-state index in [1.807, 2.05) is 12.1 Å². The predicted molar refractivity (Wildman–Crippen MR) is 70.4 cm³/mol. The molecule has 88 valence electrons. The summed E-state index contributed by atoms with van der Waals surface area (Å²) in [5.41, 5.74) is 1.47. The molecule has 1 aromatic rings. The second-order valence-corrected chi connectivity index (χ2v) is 5.38. The molecule has 0 bridgehead atoms. The number of halogens is 1. The van der Waals surface area contributed by atoms with Crippen molar-refractivity contribution >= 4 is 17.3 Å². The summed E-state index contributed by atoms with van der Waals surface area (Å²) in [5, 5.41) is 4.25. The zero-order valence-electron chi connectivity index (χ0n) is 9.96. The number of hydrogen-bond acceptors (Lipinski definition) is 2. The van der Waals surface area contributed by atoms with Crippen LogP contribution in [0, 0.1) is 0 Å². The fraction of sp³-hybridized carbons (Fsp3) is 0.538. The van der Waals surface area contributed by atoms with E-state index in [0.717, 1.165) is 31.1 Å². The van der Waals surface area contributed by atoms with Gasteiger partial charge in [-0.15, -0.1) is 0 Å². The second kappa shape index (κ2) is 4.64. The van der Waals surface area contributed by atoms with Gasteiger partial charge in [0, 0.05) is 29.3 Å². The lowest BCUT2D eigenvalue weighted by molar-refractivity contribution is 0.454. The summed E-state index contributed by atoms with van der Waals surface area (Å²) in [6.07, 6.45) is 1.16. The normalized spacial score (nSPS) is 20.6. The average Bonchev–Trinajstić information content (AvgIpc) is 2.41. The fourth-order valence-electron chi connectivity index (χ4n) is 2.25. The molecule has 1 heterocycles. The van der Waals surface area contributed by atoms with Crippen LogP contribution < -0.4 is 10.2 Å². The van der Waals surface area contributed by atoms with Gasteiger partial charge in [0.25, 0.3) is 0 Å². The topological polar surface area (TPSA) is 15.3 Å². The molecule has 3 heteroatoms. The number of hydrogen-bond donors (Lipinski definition) is 1. The maximum atomic E-state index is 5.92. The van der Waals surface area contributed by atoms with E-state index in [1.165, 1.54) is 5.69 Å². The summed E-state index contributed by atoms with van der Waals surface area (Å²) >= 11 is 5.92. The third-order valence-electron chi connectivity index (χ3n) is 3.29. The molecule has 1 fully saturated rings. The van der Waals surface area contributed by atoms with Gasteiger partial charge in [-0.1, -0.05) is 11.6 Å². The van der Waals surface area contributed by atoms with E-state index in [1.54, 1.807) is 0 Å². The Hall–Kier alpha value is -0.730. The number of nitrogens with zero attached hydrogens (tertiary/aromatic N) is 1. The van der Waals surface area contributed by atoms with Gasteiger partial charge in [0.15, 0.2) is 0 Å². The van der Waals surface area contributed by atoms with Crippen LogP contribution >= 0.6 is 11.6 Å². The molecule has 0 saturated carbocycles. The molecule has 2 nitrogen and oxygen atoms in total. The summed E-state index contributed by atoms with van der Waals surface area (Å²) in [6, 6.07) is 8.14. The van der Waals surface area contributed by atoms with Gasteiger partial charge in [0.1, 0.15) is 0 Å². The minimum Gasteiger partial charge on any atom is -0.365 e. The van der Waals surface area contributed by atoms with Crippen molar-refractivity contribution in [3.05, 3.63) is 29.3 Å². The highest BCUT2D eigenvalue weighted by molar-refractivity contribution is 6.30. The molecule has 0 unspecified atom stereocenters. The van der Waals surface area contributed by atoms with Crippen molar-refractivity contribution in [2.75, 3.05) is 24.5 Å². The van der Waals surface area contributed by atoms with Crippen molar-refractivity contribution < 1.29 is 0 Å². The van der Waals surface area contributed by atoms with Crippen LogP contribution in [0.25, 0.3) is 0 Å². The van der Waals surface area contributed by atoms with Gasteiger partial charge in [-0.05, 0) is 51.1 Å². The van der Waals surface area contributed by atoms with E-state index in [0.29, 0.717) is 0 Å². The lowest BCUT2D eigenvalue weighted by atomic mass is 9.98. The molecule has 16 heavy (non-hydrogen) atoms. The molecule has 0 amide bonds. The zero-order valence-corrected chi connectivity index (χ0v) is 10.7. The molecular formula is C13H19ClN2. The number of benzene rings is 1. The van der Waals surface area contributed by atoms with Crippen LogP contribution in [0.3, 0.4) is 0 Å². The summed E-state index contributed by atoms with van der Waals surface area (Å²) in [5.74, 6) is 0. The third-order valence-corrected chi connectivity index (χ3v) is 3.55. The van der Waals surface area contributed by atoms with Crippen LogP contribution in [0.15, 0.2) is 24.3 Å². The molecule has 2 rings (SSSR count). The maximum Gasteiger partial charge on any atom is 0.0407 e. The largest absolute Gasteiger partial charge is 0.365 e. The van der Waals surface area contributed by atoms with Crippen molar-refractivity contribution in [1.29, 1.82) is 0 Å². The van der Waals surface area contributed by atoms with Crippen LogP contribution in [0.1, 0.15) is 20.3 Å². The molecule has 0 aromatic heterocycles. The Morgan fingerprint density at radius 2 is 1.88 bits per heavy atom. The lowest BCUT2D eigenvalue weighted by Crippen LogP contribution is -2.44. The van der Waals surface area contributed by atoms with E-state index in [9.17, 15) is 0 Å². The van der Waals surface area contributed by atoms with E-state index < -0.39 is 0 Å². The Kier molecular flexibility index (Phi) is 3.41. The van der Waals surface area contributed by atoms with Gasteiger partial charge >= 0.3 is 0 Å². The third kappa shape index (κ3) is 2.50. The van der Waals surface area contributed by atoms with Gasteiger partial charge in [-0.2, -0.15) is 0 Å². The highest BCUT2D eigenvalue weighted by atomic mass is 35.5. The Morgan fingerprint density at radius 1 is 1.19 bits per heavy atom. The van der Waals surface area contributed by atoms with Gasteiger partial charge in [-0.3, -0.25) is 0 Å². The average molecular weight is 239 g/mol. The molecule has 0 radical (unpaired) electrons. The van der Waals surface area contributed by atoms with Crippen LogP contribution in [0.5, 0.6) is 0 Å². The van der Waals surface area contributed by atoms with Crippen LogP contribution in [0.2, 0.25) is 5.02 Å². The smallest absolute Gasteiger partial charge is 0.0407 e. The van der Waals surface area contributed by atoms with Crippen molar-refractivity contribution in [3.8, 4) is 0 Å². The summed E-state index contributed by atoms with van der Waals surface area (Å²) in [7, 11) is 0. The molecule has 1 saturated heterocycles. The molecule has 0 aliphatic carbocycles. The first kappa shape index (κ1) is 11.7. The Labute approximate surface area is 103 Å². The summed E-state index contributed by atoms with van der Waals surface area (Å²) in [4.78, 5) is 2.46. The molecule has 1 aliphatic heterocycles. The minimum absolute atomic E-state index is 0.206. The van der Waals surface area contributed by atoms with E-state index >= 15 is 0 Å². The SMILES string of the molecule is CC1(C)CCNCCN1c1ccc(Cl)cc1.